The zero-order chi connectivity index (χ0) is 20.6. The molecule has 3 aromatic rings. The molecule has 6 nitrogen and oxygen atoms in total. The quantitative estimate of drug-likeness (QED) is 0.656. The third kappa shape index (κ3) is 4.22. The van der Waals surface area contributed by atoms with Gasteiger partial charge < -0.3 is 9.84 Å². The first-order valence-electron chi connectivity index (χ1n) is 9.87. The Balaban J connectivity index is 1.50. The summed E-state index contributed by atoms with van der Waals surface area (Å²) in [5.41, 5.74) is 2.52. The summed E-state index contributed by atoms with van der Waals surface area (Å²) in [6.45, 7) is 7.27. The molecule has 4 rings (SSSR count). The van der Waals surface area contributed by atoms with E-state index in [0.717, 1.165) is 36.1 Å². The molecule has 0 saturated heterocycles. The van der Waals surface area contributed by atoms with Crippen LogP contribution in [0.1, 0.15) is 54.6 Å². The molecule has 1 amide bonds. The van der Waals surface area contributed by atoms with Gasteiger partial charge in [0, 0.05) is 18.2 Å². The van der Waals surface area contributed by atoms with Crippen LogP contribution in [0.2, 0.25) is 5.02 Å². The summed E-state index contributed by atoms with van der Waals surface area (Å²) >= 11 is 6.30. The second-order valence-electron chi connectivity index (χ2n) is 8.70. The highest BCUT2D eigenvalue weighted by Crippen LogP contribution is 2.38. The molecule has 1 atom stereocenters. The van der Waals surface area contributed by atoms with Crippen LogP contribution in [0.5, 0.6) is 0 Å². The van der Waals surface area contributed by atoms with Crippen LogP contribution < -0.4 is 5.32 Å². The highest BCUT2D eigenvalue weighted by molar-refractivity contribution is 6.33. The lowest BCUT2D eigenvalue weighted by molar-refractivity contribution is 0.101. The number of carbonyl (C=O) groups excluding carboxylic acids is 1. The van der Waals surface area contributed by atoms with E-state index in [1.54, 1.807) is 10.9 Å². The molecule has 2 heterocycles. The smallest absolute Gasteiger partial charge is 0.279 e. The van der Waals surface area contributed by atoms with E-state index in [0.29, 0.717) is 29.0 Å². The summed E-state index contributed by atoms with van der Waals surface area (Å²) in [6.07, 6.45) is 4.35. The number of nitrogens with one attached hydrogen (secondary N) is 1. The first-order valence-corrected chi connectivity index (χ1v) is 10.2. The van der Waals surface area contributed by atoms with Gasteiger partial charge in [0.05, 0.1) is 6.54 Å². The van der Waals surface area contributed by atoms with Crippen molar-refractivity contribution >= 4 is 23.3 Å². The lowest BCUT2D eigenvalue weighted by atomic mass is 9.71. The number of hydrogen-bond donors (Lipinski definition) is 1. The third-order valence-corrected chi connectivity index (χ3v) is 5.89. The molecule has 1 unspecified atom stereocenters. The maximum Gasteiger partial charge on any atom is 0.279 e. The molecule has 2 aromatic heterocycles. The van der Waals surface area contributed by atoms with Crippen LogP contribution >= 0.6 is 11.6 Å². The number of nitrogens with zero attached hydrogens (tertiary/aromatic N) is 3. The Morgan fingerprint density at radius 1 is 1.31 bits per heavy atom. The van der Waals surface area contributed by atoms with Crippen molar-refractivity contribution in [3.63, 3.8) is 0 Å². The first-order chi connectivity index (χ1) is 13.8. The van der Waals surface area contributed by atoms with Crippen LogP contribution in [0, 0.1) is 11.3 Å². The molecule has 0 fully saturated rings. The SMILES string of the molecule is CC(C)(C)C1CCc2onc(C(=O)Nc3nn(Cc4ccccc4)cc3Cl)c2C1. The molecule has 152 valence electrons. The minimum absolute atomic E-state index is 0.169. The molecule has 29 heavy (non-hydrogen) atoms. The van der Waals surface area contributed by atoms with E-state index >= 15 is 0 Å². The van der Waals surface area contributed by atoms with Crippen LogP contribution in [0.15, 0.2) is 41.1 Å². The van der Waals surface area contributed by atoms with Crippen LogP contribution in [0.4, 0.5) is 5.82 Å². The predicted molar refractivity (Wildman–Crippen MR) is 112 cm³/mol. The Labute approximate surface area is 175 Å². The van der Waals surface area contributed by atoms with Crippen molar-refractivity contribution in [1.29, 1.82) is 0 Å². The van der Waals surface area contributed by atoms with Gasteiger partial charge in [-0.05, 0) is 29.7 Å². The molecule has 1 aliphatic rings. The van der Waals surface area contributed by atoms with Crippen molar-refractivity contribution in [2.24, 2.45) is 11.3 Å². The monoisotopic (exact) mass is 412 g/mol. The average molecular weight is 413 g/mol. The maximum atomic E-state index is 12.9. The summed E-state index contributed by atoms with van der Waals surface area (Å²) in [7, 11) is 0. The Hall–Kier alpha value is -2.60. The van der Waals surface area contributed by atoms with Gasteiger partial charge in [-0.3, -0.25) is 9.48 Å². The normalized spacial score (nSPS) is 16.5. The van der Waals surface area contributed by atoms with Crippen LogP contribution in [0.25, 0.3) is 0 Å². The number of fused-ring (bicyclic) bond motifs is 1. The fraction of sp³-hybridized carbons (Fsp3) is 0.409. The van der Waals surface area contributed by atoms with Crippen molar-refractivity contribution in [3.05, 3.63) is 64.1 Å². The number of hydrogen-bond acceptors (Lipinski definition) is 4. The fourth-order valence-electron chi connectivity index (χ4n) is 3.82. The van der Waals surface area contributed by atoms with Gasteiger partial charge in [-0.1, -0.05) is 67.9 Å². The average Bonchev–Trinajstić information content (AvgIpc) is 3.24. The predicted octanol–water partition coefficient (Wildman–Crippen LogP) is 4.98. The highest BCUT2D eigenvalue weighted by Gasteiger charge is 2.34. The number of amides is 1. The molecule has 0 bridgehead atoms. The van der Waals surface area contributed by atoms with Gasteiger partial charge in [0.15, 0.2) is 11.5 Å². The van der Waals surface area contributed by atoms with Gasteiger partial charge in [-0.2, -0.15) is 5.10 Å². The molecular weight excluding hydrogens is 388 g/mol. The summed E-state index contributed by atoms with van der Waals surface area (Å²) in [5, 5.41) is 11.7. The number of benzene rings is 1. The zero-order valence-electron chi connectivity index (χ0n) is 16.9. The second kappa shape index (κ2) is 7.67. The van der Waals surface area contributed by atoms with Crippen LogP contribution in [0.3, 0.4) is 0 Å². The molecule has 0 aliphatic heterocycles. The van der Waals surface area contributed by atoms with Crippen LogP contribution in [-0.4, -0.2) is 20.8 Å². The van der Waals surface area contributed by atoms with E-state index < -0.39 is 0 Å². The Morgan fingerprint density at radius 2 is 2.07 bits per heavy atom. The Kier molecular flexibility index (Phi) is 5.21. The van der Waals surface area contributed by atoms with Gasteiger partial charge in [0.25, 0.3) is 5.91 Å². The van der Waals surface area contributed by atoms with Crippen molar-refractivity contribution in [1.82, 2.24) is 14.9 Å². The number of aryl methyl sites for hydroxylation is 1. The minimum Gasteiger partial charge on any atom is -0.360 e. The molecule has 0 spiro atoms. The molecular formula is C22H25ClN4O2. The fourth-order valence-corrected chi connectivity index (χ4v) is 4.02. The second-order valence-corrected chi connectivity index (χ2v) is 9.11. The van der Waals surface area contributed by atoms with E-state index in [1.165, 1.54) is 0 Å². The molecule has 1 aliphatic carbocycles. The molecule has 0 saturated carbocycles. The molecule has 1 N–H and O–H groups in total. The first kappa shape index (κ1) is 19.7. The van der Waals surface area contributed by atoms with E-state index in [4.69, 9.17) is 16.1 Å². The summed E-state index contributed by atoms with van der Waals surface area (Å²) in [4.78, 5) is 12.9. The van der Waals surface area contributed by atoms with Gasteiger partial charge >= 0.3 is 0 Å². The van der Waals surface area contributed by atoms with E-state index in [-0.39, 0.29) is 11.3 Å². The lowest BCUT2D eigenvalue weighted by Crippen LogP contribution is -2.27. The topological polar surface area (TPSA) is 73.0 Å². The molecule has 7 heteroatoms. The molecule has 1 aromatic carbocycles. The summed E-state index contributed by atoms with van der Waals surface area (Å²) in [6, 6.07) is 9.94. The van der Waals surface area contributed by atoms with Crippen molar-refractivity contribution < 1.29 is 9.32 Å². The number of carbonyl (C=O) groups is 1. The lowest BCUT2D eigenvalue weighted by Gasteiger charge is -2.33. The molecule has 0 radical (unpaired) electrons. The van der Waals surface area contributed by atoms with Crippen LogP contribution in [-0.2, 0) is 19.4 Å². The number of aromatic nitrogens is 3. The van der Waals surface area contributed by atoms with Gasteiger partial charge in [0.2, 0.25) is 0 Å². The number of halogens is 1. The number of anilines is 1. The zero-order valence-corrected chi connectivity index (χ0v) is 17.7. The highest BCUT2D eigenvalue weighted by atomic mass is 35.5. The van der Waals surface area contributed by atoms with Crippen molar-refractivity contribution in [2.75, 3.05) is 5.32 Å². The van der Waals surface area contributed by atoms with Gasteiger partial charge in [-0.25, -0.2) is 0 Å². The Bertz CT molecular complexity index is 1020. The van der Waals surface area contributed by atoms with E-state index in [1.807, 2.05) is 30.3 Å². The van der Waals surface area contributed by atoms with Crippen molar-refractivity contribution in [2.45, 2.75) is 46.6 Å². The minimum atomic E-state index is -0.337. The third-order valence-electron chi connectivity index (χ3n) is 5.62. The standard InChI is InChI=1S/C22H25ClN4O2/c1-22(2,3)15-9-10-18-16(11-15)19(26-29-18)21(28)24-20-17(23)13-27(25-20)12-14-7-5-4-6-8-14/h4-8,13,15H,9-12H2,1-3H3,(H,24,25,28). The van der Waals surface area contributed by atoms with E-state index in [2.05, 4.69) is 36.3 Å². The summed E-state index contributed by atoms with van der Waals surface area (Å²) in [5.74, 6) is 1.29. The maximum absolute atomic E-state index is 12.9. The number of rotatable bonds is 4. The van der Waals surface area contributed by atoms with Gasteiger partial charge in [0.1, 0.15) is 10.8 Å². The van der Waals surface area contributed by atoms with Crippen molar-refractivity contribution in [3.8, 4) is 0 Å². The van der Waals surface area contributed by atoms with E-state index in [9.17, 15) is 4.79 Å². The largest absolute Gasteiger partial charge is 0.360 e. The van der Waals surface area contributed by atoms with Gasteiger partial charge in [-0.15, -0.1) is 0 Å². The summed E-state index contributed by atoms with van der Waals surface area (Å²) < 4.78 is 7.16. The Morgan fingerprint density at radius 3 is 2.79 bits per heavy atom.